The summed E-state index contributed by atoms with van der Waals surface area (Å²) in [6.07, 6.45) is 2.72. The Morgan fingerprint density at radius 3 is 2.56 bits per heavy atom. The number of carbonyl (C=O) groups excluding carboxylic acids is 1. The van der Waals surface area contributed by atoms with Crippen LogP contribution in [0.2, 0.25) is 0 Å². The number of benzene rings is 2. The molecule has 2 aliphatic heterocycles. The van der Waals surface area contributed by atoms with Crippen molar-refractivity contribution in [2.45, 2.75) is 37.1 Å². The first-order valence-corrected chi connectivity index (χ1v) is 12.5. The second-order valence-electron chi connectivity index (χ2n) is 8.21. The van der Waals surface area contributed by atoms with Gasteiger partial charge in [0.1, 0.15) is 13.2 Å². The molecule has 1 N–H and O–H groups in total. The minimum absolute atomic E-state index is 0.0392. The fourth-order valence-electron chi connectivity index (χ4n) is 4.08. The summed E-state index contributed by atoms with van der Waals surface area (Å²) >= 11 is 0. The number of nitrogens with one attached hydrogen (secondary N) is 1. The molecule has 2 aliphatic rings. The Hall–Kier alpha value is -3.44. The summed E-state index contributed by atoms with van der Waals surface area (Å²) in [5.41, 5.74) is 0.892. The maximum Gasteiger partial charge on any atom is 0.322 e. The maximum atomic E-state index is 13.0. The van der Waals surface area contributed by atoms with Gasteiger partial charge in [-0.15, -0.1) is 5.10 Å². The molecule has 1 aromatic heterocycles. The van der Waals surface area contributed by atoms with Crippen LogP contribution in [-0.4, -0.2) is 54.6 Å². The molecule has 1 fully saturated rings. The molecular formula is C23H24N4O6S. The van der Waals surface area contributed by atoms with E-state index < -0.39 is 15.9 Å². The van der Waals surface area contributed by atoms with Crippen LogP contribution in [0.4, 0.5) is 6.01 Å². The number of piperidine rings is 1. The topological polar surface area (TPSA) is 124 Å². The van der Waals surface area contributed by atoms with Crippen molar-refractivity contribution in [3.05, 3.63) is 48.0 Å². The Morgan fingerprint density at radius 2 is 1.79 bits per heavy atom. The molecule has 0 aliphatic carbocycles. The van der Waals surface area contributed by atoms with Crippen LogP contribution in [0.1, 0.15) is 36.5 Å². The van der Waals surface area contributed by atoms with Gasteiger partial charge in [-0.05, 0) is 62.2 Å². The van der Waals surface area contributed by atoms with Crippen molar-refractivity contribution in [2.75, 3.05) is 25.1 Å². The van der Waals surface area contributed by atoms with Crippen molar-refractivity contribution in [1.29, 1.82) is 0 Å². The minimum atomic E-state index is -3.60. The van der Waals surface area contributed by atoms with E-state index in [2.05, 4.69) is 15.5 Å². The monoisotopic (exact) mass is 484 g/mol. The third-order valence-corrected chi connectivity index (χ3v) is 7.93. The number of ether oxygens (including phenoxy) is 2. The lowest BCUT2D eigenvalue weighted by molar-refractivity contribution is 0.102. The van der Waals surface area contributed by atoms with Gasteiger partial charge in [0.2, 0.25) is 15.9 Å². The molecule has 5 rings (SSSR count). The fraction of sp³-hybridized carbons (Fsp3) is 0.348. The second kappa shape index (κ2) is 9.07. The Morgan fingerprint density at radius 1 is 1.03 bits per heavy atom. The average Bonchev–Trinajstić information content (AvgIpc) is 3.32. The summed E-state index contributed by atoms with van der Waals surface area (Å²) in [6, 6.07) is 11.0. The summed E-state index contributed by atoms with van der Waals surface area (Å²) in [5.74, 6) is 0.946. The fourth-order valence-corrected chi connectivity index (χ4v) is 5.78. The summed E-state index contributed by atoms with van der Waals surface area (Å²) in [7, 11) is -3.60. The SMILES string of the molecule is CC1CCCCN1S(=O)(=O)c1ccc(C(=O)Nc2nnc(-c3ccc4c(c3)OCCO4)o2)cc1. The van der Waals surface area contributed by atoms with E-state index in [1.165, 1.54) is 28.6 Å². The molecule has 10 nitrogen and oxygen atoms in total. The van der Waals surface area contributed by atoms with Crippen molar-refractivity contribution in [1.82, 2.24) is 14.5 Å². The van der Waals surface area contributed by atoms with Crippen LogP contribution in [0, 0.1) is 0 Å². The first kappa shape index (κ1) is 22.4. The third kappa shape index (κ3) is 4.36. The van der Waals surface area contributed by atoms with Gasteiger partial charge in [0.25, 0.3) is 5.91 Å². The molecule has 0 radical (unpaired) electrons. The largest absolute Gasteiger partial charge is 0.486 e. The standard InChI is InChI=1S/C23H24N4O6S/c1-15-4-2-3-11-27(15)34(29,30)18-8-5-16(6-9-18)21(28)24-23-26-25-22(33-23)17-7-10-19-20(14-17)32-13-12-31-19/h5-10,14-15H,2-4,11-13H2,1H3,(H,24,26,28). The first-order valence-electron chi connectivity index (χ1n) is 11.1. The molecule has 1 saturated heterocycles. The minimum Gasteiger partial charge on any atom is -0.486 e. The highest BCUT2D eigenvalue weighted by molar-refractivity contribution is 7.89. The number of amides is 1. The van der Waals surface area contributed by atoms with E-state index in [-0.39, 0.29) is 28.4 Å². The number of nitrogens with zero attached hydrogens (tertiary/aromatic N) is 3. The first-order chi connectivity index (χ1) is 16.4. The normalized spacial score (nSPS) is 18.4. The van der Waals surface area contributed by atoms with Crippen molar-refractivity contribution >= 4 is 21.9 Å². The highest BCUT2D eigenvalue weighted by atomic mass is 32.2. The van der Waals surface area contributed by atoms with Crippen molar-refractivity contribution in [3.63, 3.8) is 0 Å². The number of sulfonamides is 1. The number of anilines is 1. The van der Waals surface area contributed by atoms with Gasteiger partial charge in [-0.3, -0.25) is 10.1 Å². The summed E-state index contributed by atoms with van der Waals surface area (Å²) in [6.45, 7) is 3.38. The maximum absolute atomic E-state index is 13.0. The van der Waals surface area contributed by atoms with E-state index in [1.54, 1.807) is 18.2 Å². The number of rotatable bonds is 5. The molecule has 11 heteroatoms. The van der Waals surface area contributed by atoms with Gasteiger partial charge in [-0.1, -0.05) is 11.5 Å². The van der Waals surface area contributed by atoms with E-state index in [4.69, 9.17) is 13.9 Å². The smallest absolute Gasteiger partial charge is 0.322 e. The molecule has 1 amide bonds. The number of fused-ring (bicyclic) bond motifs is 1. The average molecular weight is 485 g/mol. The third-order valence-electron chi connectivity index (χ3n) is 5.90. The molecule has 3 aromatic rings. The molecule has 3 heterocycles. The summed E-state index contributed by atoms with van der Waals surface area (Å²) in [5, 5.41) is 10.4. The quantitative estimate of drug-likeness (QED) is 0.585. The number of carbonyl (C=O) groups is 1. The lowest BCUT2D eigenvalue weighted by atomic mass is 10.1. The van der Waals surface area contributed by atoms with Gasteiger partial charge < -0.3 is 13.9 Å². The summed E-state index contributed by atoms with van der Waals surface area (Å²) < 4.78 is 44.1. The molecule has 34 heavy (non-hydrogen) atoms. The predicted octanol–water partition coefficient (Wildman–Crippen LogP) is 3.32. The van der Waals surface area contributed by atoms with Crippen LogP contribution < -0.4 is 14.8 Å². The van der Waals surface area contributed by atoms with E-state index in [0.29, 0.717) is 36.8 Å². The predicted molar refractivity (Wildman–Crippen MR) is 122 cm³/mol. The molecule has 1 atom stereocenters. The van der Waals surface area contributed by atoms with Gasteiger partial charge in [-0.2, -0.15) is 4.31 Å². The molecule has 0 spiro atoms. The van der Waals surface area contributed by atoms with Crippen molar-refractivity contribution in [2.24, 2.45) is 0 Å². The highest BCUT2D eigenvalue weighted by Crippen LogP contribution is 2.34. The Bertz CT molecular complexity index is 1310. The van der Waals surface area contributed by atoms with Crippen molar-refractivity contribution < 1.29 is 27.1 Å². The van der Waals surface area contributed by atoms with Gasteiger partial charge in [0.05, 0.1) is 4.90 Å². The van der Waals surface area contributed by atoms with E-state index in [1.807, 2.05) is 6.92 Å². The van der Waals surface area contributed by atoms with Crippen LogP contribution in [0.15, 0.2) is 51.8 Å². The molecule has 178 valence electrons. The van der Waals surface area contributed by atoms with Crippen LogP contribution in [0.5, 0.6) is 11.5 Å². The molecule has 0 saturated carbocycles. The molecular weight excluding hydrogens is 460 g/mol. The van der Waals surface area contributed by atoms with E-state index >= 15 is 0 Å². The lowest BCUT2D eigenvalue weighted by Gasteiger charge is -2.32. The van der Waals surface area contributed by atoms with Gasteiger partial charge in [-0.25, -0.2) is 8.42 Å². The number of hydrogen-bond donors (Lipinski definition) is 1. The van der Waals surface area contributed by atoms with Crippen LogP contribution in [0.3, 0.4) is 0 Å². The van der Waals surface area contributed by atoms with Gasteiger partial charge in [0.15, 0.2) is 11.5 Å². The van der Waals surface area contributed by atoms with E-state index in [9.17, 15) is 13.2 Å². The molecule has 1 unspecified atom stereocenters. The second-order valence-corrected chi connectivity index (χ2v) is 10.1. The lowest BCUT2D eigenvalue weighted by Crippen LogP contribution is -2.41. The number of hydrogen-bond acceptors (Lipinski definition) is 8. The zero-order chi connectivity index (χ0) is 23.7. The zero-order valence-corrected chi connectivity index (χ0v) is 19.4. The van der Waals surface area contributed by atoms with Gasteiger partial charge in [0, 0.05) is 23.7 Å². The van der Waals surface area contributed by atoms with Crippen LogP contribution >= 0.6 is 0 Å². The van der Waals surface area contributed by atoms with Gasteiger partial charge >= 0.3 is 6.01 Å². The van der Waals surface area contributed by atoms with Crippen molar-refractivity contribution in [3.8, 4) is 23.0 Å². The van der Waals surface area contributed by atoms with Crippen LogP contribution in [-0.2, 0) is 10.0 Å². The zero-order valence-electron chi connectivity index (χ0n) is 18.6. The number of aromatic nitrogens is 2. The Labute approximate surface area is 196 Å². The van der Waals surface area contributed by atoms with Crippen LogP contribution in [0.25, 0.3) is 11.5 Å². The highest BCUT2D eigenvalue weighted by Gasteiger charge is 2.31. The Balaban J connectivity index is 1.28. The molecule has 2 aromatic carbocycles. The Kier molecular flexibility index (Phi) is 5.96. The molecule has 0 bridgehead atoms. The van der Waals surface area contributed by atoms with E-state index in [0.717, 1.165) is 19.3 Å². The summed E-state index contributed by atoms with van der Waals surface area (Å²) in [4.78, 5) is 12.8.